The van der Waals surface area contributed by atoms with Gasteiger partial charge >= 0.3 is 0 Å². The quantitative estimate of drug-likeness (QED) is 0.430. The van der Waals surface area contributed by atoms with E-state index in [0.29, 0.717) is 29.2 Å². The Labute approximate surface area is 140 Å². The molecule has 0 radical (unpaired) electrons. The van der Waals surface area contributed by atoms with Crippen LogP contribution in [0, 0.1) is 0 Å². The number of aliphatic imine (C=N–C) groups is 1. The summed E-state index contributed by atoms with van der Waals surface area (Å²) < 4.78 is 5.02. The van der Waals surface area contributed by atoms with E-state index in [1.165, 1.54) is 0 Å². The molecule has 0 aromatic heterocycles. The molecule has 7 heteroatoms. The van der Waals surface area contributed by atoms with Crippen LogP contribution in [0.2, 0.25) is 10.0 Å². The van der Waals surface area contributed by atoms with E-state index in [1.54, 1.807) is 24.9 Å². The van der Waals surface area contributed by atoms with E-state index in [9.17, 15) is 0 Å². The Morgan fingerprint density at radius 1 is 1.48 bits per heavy atom. The van der Waals surface area contributed by atoms with Crippen molar-refractivity contribution in [3.05, 3.63) is 33.8 Å². The molecule has 0 spiro atoms. The Morgan fingerprint density at radius 3 is 2.90 bits per heavy atom. The zero-order valence-electron chi connectivity index (χ0n) is 12.2. The number of hydrogen-bond acceptors (Lipinski definition) is 3. The molecule has 3 N–H and O–H groups in total. The van der Waals surface area contributed by atoms with Crippen molar-refractivity contribution in [2.45, 2.75) is 18.7 Å². The molecule has 0 bridgehead atoms. The third-order valence-corrected chi connectivity index (χ3v) is 4.17. The molecule has 1 aromatic rings. The molecular weight excluding hydrogens is 329 g/mol. The fourth-order valence-electron chi connectivity index (χ4n) is 1.64. The molecular formula is C14H21Cl2N3OS. The second kappa shape index (κ2) is 10.2. The van der Waals surface area contributed by atoms with Crippen molar-refractivity contribution in [2.24, 2.45) is 10.7 Å². The van der Waals surface area contributed by atoms with Crippen molar-refractivity contribution in [1.82, 2.24) is 5.32 Å². The van der Waals surface area contributed by atoms with E-state index in [-0.39, 0.29) is 6.04 Å². The van der Waals surface area contributed by atoms with Crippen LogP contribution in [-0.2, 0) is 10.5 Å². The summed E-state index contributed by atoms with van der Waals surface area (Å²) in [5, 5.41) is 4.42. The Hall–Kier alpha value is -0.620. The molecule has 1 rings (SSSR count). The van der Waals surface area contributed by atoms with Gasteiger partial charge in [0, 0.05) is 34.7 Å². The minimum Gasteiger partial charge on any atom is -0.383 e. The van der Waals surface area contributed by atoms with Crippen LogP contribution in [0.3, 0.4) is 0 Å². The Bertz CT molecular complexity index is 472. The van der Waals surface area contributed by atoms with Gasteiger partial charge in [-0.1, -0.05) is 29.3 Å². The minimum absolute atomic E-state index is 0.152. The molecule has 1 unspecified atom stereocenters. The van der Waals surface area contributed by atoms with Crippen LogP contribution in [0.25, 0.3) is 0 Å². The highest BCUT2D eigenvalue weighted by atomic mass is 35.5. The predicted octanol–water partition coefficient (Wildman–Crippen LogP) is 3.17. The fourth-order valence-corrected chi connectivity index (χ4v) is 3.03. The van der Waals surface area contributed by atoms with E-state index < -0.39 is 0 Å². The third kappa shape index (κ3) is 7.81. The van der Waals surface area contributed by atoms with Gasteiger partial charge in [-0.3, -0.25) is 4.99 Å². The highest BCUT2D eigenvalue weighted by Gasteiger charge is 2.02. The van der Waals surface area contributed by atoms with E-state index in [4.69, 9.17) is 33.7 Å². The molecule has 0 aliphatic carbocycles. The van der Waals surface area contributed by atoms with Crippen LogP contribution in [0.4, 0.5) is 0 Å². The number of nitrogens with one attached hydrogen (secondary N) is 1. The molecule has 0 heterocycles. The van der Waals surface area contributed by atoms with Gasteiger partial charge in [0.25, 0.3) is 0 Å². The molecule has 0 fully saturated rings. The number of thioether (sulfide) groups is 1. The Morgan fingerprint density at radius 2 is 2.24 bits per heavy atom. The lowest BCUT2D eigenvalue weighted by atomic mass is 10.2. The maximum atomic E-state index is 6.11. The van der Waals surface area contributed by atoms with Crippen LogP contribution < -0.4 is 11.1 Å². The molecule has 1 aromatic carbocycles. The average molecular weight is 350 g/mol. The van der Waals surface area contributed by atoms with Crippen molar-refractivity contribution in [3.63, 3.8) is 0 Å². The van der Waals surface area contributed by atoms with Gasteiger partial charge in [0.15, 0.2) is 5.96 Å². The molecule has 0 saturated heterocycles. The number of ether oxygens (including phenoxy) is 1. The summed E-state index contributed by atoms with van der Waals surface area (Å²) in [5.74, 6) is 2.16. The number of methoxy groups -OCH3 is 1. The largest absolute Gasteiger partial charge is 0.383 e. The Kier molecular flexibility index (Phi) is 8.92. The van der Waals surface area contributed by atoms with Gasteiger partial charge in [-0.25, -0.2) is 0 Å². The van der Waals surface area contributed by atoms with Gasteiger partial charge in [-0.15, -0.1) is 0 Å². The number of nitrogens with zero attached hydrogens (tertiary/aromatic N) is 1. The SMILES string of the molecule is COCC(C)NC(N)=NCCSCc1ccc(Cl)cc1Cl. The first-order valence-electron chi connectivity index (χ1n) is 6.60. The maximum absolute atomic E-state index is 6.11. The van der Waals surface area contributed by atoms with Gasteiger partial charge in [0.2, 0.25) is 0 Å². The van der Waals surface area contributed by atoms with Gasteiger partial charge in [-0.05, 0) is 24.6 Å². The lowest BCUT2D eigenvalue weighted by Crippen LogP contribution is -2.40. The van der Waals surface area contributed by atoms with Crippen LogP contribution >= 0.6 is 35.0 Å². The smallest absolute Gasteiger partial charge is 0.188 e. The summed E-state index contributed by atoms with van der Waals surface area (Å²) >= 11 is 13.7. The summed E-state index contributed by atoms with van der Waals surface area (Å²) in [6.45, 7) is 3.25. The molecule has 4 nitrogen and oxygen atoms in total. The predicted molar refractivity (Wildman–Crippen MR) is 93.6 cm³/mol. The minimum atomic E-state index is 0.152. The summed E-state index contributed by atoms with van der Waals surface area (Å²) in [6.07, 6.45) is 0. The monoisotopic (exact) mass is 349 g/mol. The van der Waals surface area contributed by atoms with Crippen molar-refractivity contribution >= 4 is 40.9 Å². The first-order valence-corrected chi connectivity index (χ1v) is 8.51. The molecule has 0 aliphatic rings. The van der Waals surface area contributed by atoms with E-state index in [1.807, 2.05) is 19.1 Å². The number of nitrogens with two attached hydrogens (primary N) is 1. The Balaban J connectivity index is 2.24. The summed E-state index contributed by atoms with van der Waals surface area (Å²) in [7, 11) is 1.66. The number of rotatable bonds is 8. The second-order valence-electron chi connectivity index (χ2n) is 4.56. The maximum Gasteiger partial charge on any atom is 0.188 e. The van der Waals surface area contributed by atoms with Gasteiger partial charge < -0.3 is 15.8 Å². The van der Waals surface area contributed by atoms with Crippen LogP contribution in [0.15, 0.2) is 23.2 Å². The first kappa shape index (κ1) is 18.4. The first-order chi connectivity index (χ1) is 10.0. The zero-order chi connectivity index (χ0) is 15.7. The molecule has 1 atom stereocenters. The van der Waals surface area contributed by atoms with Crippen molar-refractivity contribution in [1.29, 1.82) is 0 Å². The lowest BCUT2D eigenvalue weighted by Gasteiger charge is -2.12. The van der Waals surface area contributed by atoms with E-state index >= 15 is 0 Å². The number of guanidine groups is 1. The van der Waals surface area contributed by atoms with E-state index in [0.717, 1.165) is 17.1 Å². The lowest BCUT2D eigenvalue weighted by molar-refractivity contribution is 0.179. The zero-order valence-corrected chi connectivity index (χ0v) is 14.6. The number of halogens is 2. The van der Waals surface area contributed by atoms with E-state index in [2.05, 4.69) is 10.3 Å². The topological polar surface area (TPSA) is 59.6 Å². The summed E-state index contributed by atoms with van der Waals surface area (Å²) in [5.41, 5.74) is 6.86. The van der Waals surface area contributed by atoms with Crippen molar-refractivity contribution in [3.8, 4) is 0 Å². The molecule has 118 valence electrons. The summed E-state index contributed by atoms with van der Waals surface area (Å²) in [6, 6.07) is 5.71. The van der Waals surface area contributed by atoms with Crippen molar-refractivity contribution in [2.75, 3.05) is 26.0 Å². The van der Waals surface area contributed by atoms with Crippen LogP contribution in [0.5, 0.6) is 0 Å². The number of hydrogen-bond donors (Lipinski definition) is 2. The van der Waals surface area contributed by atoms with Crippen LogP contribution in [-0.4, -0.2) is 38.0 Å². The molecule has 0 amide bonds. The number of benzene rings is 1. The fraction of sp³-hybridized carbons (Fsp3) is 0.500. The van der Waals surface area contributed by atoms with Gasteiger partial charge in [0.1, 0.15) is 0 Å². The van der Waals surface area contributed by atoms with Crippen molar-refractivity contribution < 1.29 is 4.74 Å². The normalized spacial score (nSPS) is 13.2. The van der Waals surface area contributed by atoms with Crippen LogP contribution in [0.1, 0.15) is 12.5 Å². The third-order valence-electron chi connectivity index (χ3n) is 2.60. The molecule has 0 saturated carbocycles. The average Bonchev–Trinajstić information content (AvgIpc) is 2.40. The second-order valence-corrected chi connectivity index (χ2v) is 6.50. The highest BCUT2D eigenvalue weighted by Crippen LogP contribution is 2.24. The molecule has 21 heavy (non-hydrogen) atoms. The highest BCUT2D eigenvalue weighted by molar-refractivity contribution is 7.98. The van der Waals surface area contributed by atoms with Gasteiger partial charge in [0.05, 0.1) is 13.2 Å². The van der Waals surface area contributed by atoms with Gasteiger partial charge in [-0.2, -0.15) is 11.8 Å². The molecule has 0 aliphatic heterocycles. The standard InChI is InChI=1S/C14H21Cl2N3OS/c1-10(8-20-2)19-14(17)18-5-6-21-9-11-3-4-12(15)7-13(11)16/h3-4,7,10H,5-6,8-9H2,1-2H3,(H3,17,18,19). The summed E-state index contributed by atoms with van der Waals surface area (Å²) in [4.78, 5) is 4.27.